The van der Waals surface area contributed by atoms with Gasteiger partial charge >= 0.3 is 0 Å². The average molecular weight is 375 g/mol. The number of hydrogen-bond acceptors (Lipinski definition) is 3. The van der Waals surface area contributed by atoms with Gasteiger partial charge in [0.05, 0.1) is 12.7 Å². The highest BCUT2D eigenvalue weighted by molar-refractivity contribution is 5.81. The Kier molecular flexibility index (Phi) is 4.49. The van der Waals surface area contributed by atoms with Crippen LogP contribution in [0.4, 0.5) is 4.39 Å². The second kappa shape index (κ2) is 6.47. The number of benzene rings is 1. The van der Waals surface area contributed by atoms with Crippen LogP contribution in [0.1, 0.15) is 62.5 Å². The zero-order chi connectivity index (χ0) is 19.4. The zero-order valence-electron chi connectivity index (χ0n) is 16.6. The number of carbonyl (C=O) groups excluding carboxylic acids is 1. The molecule has 0 unspecified atom stereocenters. The van der Waals surface area contributed by atoms with Crippen LogP contribution in [0.3, 0.4) is 0 Å². The molecule has 3 aliphatic rings. The minimum atomic E-state index is -0.648. The number of hydrogen-bond donors (Lipinski definition) is 1. The standard InChI is InChI=1S/C22H30FNO3/c1-14-18(23)8-16(9-19(14)27-3)15-4-6-22(7-5-15)12-24(13-22)20(25)17-10-21(2,26)11-17/h8-9,15,17,26H,4-7,10-13H2,1-3H3/t17-,21+. The van der Waals surface area contributed by atoms with Gasteiger partial charge in [0.2, 0.25) is 5.91 Å². The molecular weight excluding hydrogens is 345 g/mol. The molecular formula is C22H30FNO3. The Hall–Kier alpha value is -1.62. The average Bonchev–Trinajstić information content (AvgIpc) is 2.59. The summed E-state index contributed by atoms with van der Waals surface area (Å²) in [5, 5.41) is 9.85. The van der Waals surface area contributed by atoms with Crippen molar-refractivity contribution in [1.29, 1.82) is 0 Å². The smallest absolute Gasteiger partial charge is 0.225 e. The maximum atomic E-state index is 14.2. The molecule has 27 heavy (non-hydrogen) atoms. The summed E-state index contributed by atoms with van der Waals surface area (Å²) in [6, 6.07) is 3.65. The number of halogens is 1. The predicted octanol–water partition coefficient (Wildman–Crippen LogP) is 3.79. The molecule has 5 heteroatoms. The molecule has 1 aromatic rings. The van der Waals surface area contributed by atoms with Gasteiger partial charge in [-0.25, -0.2) is 4.39 Å². The van der Waals surface area contributed by atoms with Crippen molar-refractivity contribution >= 4 is 5.91 Å². The van der Waals surface area contributed by atoms with E-state index >= 15 is 0 Å². The van der Waals surface area contributed by atoms with E-state index in [1.165, 1.54) is 0 Å². The predicted molar refractivity (Wildman–Crippen MR) is 101 cm³/mol. The van der Waals surface area contributed by atoms with E-state index in [1.54, 1.807) is 27.0 Å². The highest BCUT2D eigenvalue weighted by Gasteiger charge is 2.51. The number of carbonyl (C=O) groups is 1. The van der Waals surface area contributed by atoms with E-state index in [0.29, 0.717) is 30.1 Å². The van der Waals surface area contributed by atoms with Crippen molar-refractivity contribution in [2.75, 3.05) is 20.2 Å². The van der Waals surface area contributed by atoms with Crippen LogP contribution in [0.2, 0.25) is 0 Å². The molecule has 4 nitrogen and oxygen atoms in total. The van der Waals surface area contributed by atoms with E-state index in [0.717, 1.165) is 44.3 Å². The van der Waals surface area contributed by atoms with Gasteiger partial charge in [0.1, 0.15) is 11.6 Å². The molecule has 1 N–H and O–H groups in total. The number of methoxy groups -OCH3 is 1. The summed E-state index contributed by atoms with van der Waals surface area (Å²) in [6.45, 7) is 5.25. The highest BCUT2D eigenvalue weighted by Crippen LogP contribution is 2.50. The fraction of sp³-hybridized carbons (Fsp3) is 0.682. The van der Waals surface area contributed by atoms with Crippen LogP contribution < -0.4 is 4.74 Å². The number of ether oxygens (including phenoxy) is 1. The Morgan fingerprint density at radius 2 is 1.89 bits per heavy atom. The number of amides is 1. The first-order valence-electron chi connectivity index (χ1n) is 10.1. The van der Waals surface area contributed by atoms with Gasteiger partial charge in [-0.15, -0.1) is 0 Å². The van der Waals surface area contributed by atoms with E-state index in [-0.39, 0.29) is 23.1 Å². The first-order valence-corrected chi connectivity index (χ1v) is 10.1. The molecule has 1 aliphatic heterocycles. The molecule has 1 spiro atoms. The van der Waals surface area contributed by atoms with E-state index < -0.39 is 5.60 Å². The summed E-state index contributed by atoms with van der Waals surface area (Å²) in [6.07, 6.45) is 5.43. The van der Waals surface area contributed by atoms with E-state index in [2.05, 4.69) is 0 Å². The molecule has 2 saturated carbocycles. The SMILES string of the molecule is COc1cc(C2CCC3(CC2)CN(C(=O)[C@H]2C[C@@](C)(O)C2)C3)cc(F)c1C. The lowest BCUT2D eigenvalue weighted by atomic mass is 9.63. The van der Waals surface area contributed by atoms with Crippen LogP contribution in [-0.4, -0.2) is 41.7 Å². The second-order valence-corrected chi connectivity index (χ2v) is 9.40. The Labute approximate surface area is 160 Å². The van der Waals surface area contributed by atoms with Crippen LogP contribution in [-0.2, 0) is 4.79 Å². The lowest BCUT2D eigenvalue weighted by Gasteiger charge is -2.55. The molecule has 4 rings (SSSR count). The molecule has 1 heterocycles. The van der Waals surface area contributed by atoms with Crippen LogP contribution in [0.15, 0.2) is 12.1 Å². The monoisotopic (exact) mass is 375 g/mol. The molecule has 148 valence electrons. The Bertz CT molecular complexity index is 736. The maximum absolute atomic E-state index is 14.2. The summed E-state index contributed by atoms with van der Waals surface area (Å²) in [4.78, 5) is 14.5. The minimum Gasteiger partial charge on any atom is -0.496 e. The summed E-state index contributed by atoms with van der Waals surface area (Å²) < 4.78 is 19.5. The minimum absolute atomic E-state index is 0.0108. The lowest BCUT2D eigenvalue weighted by molar-refractivity contribution is -0.163. The summed E-state index contributed by atoms with van der Waals surface area (Å²) in [5.74, 6) is 1.03. The van der Waals surface area contributed by atoms with Crippen LogP contribution in [0.25, 0.3) is 0 Å². The van der Waals surface area contributed by atoms with Gasteiger partial charge in [-0.1, -0.05) is 0 Å². The zero-order valence-corrected chi connectivity index (χ0v) is 16.6. The quantitative estimate of drug-likeness (QED) is 0.874. The molecule has 1 aromatic carbocycles. The topological polar surface area (TPSA) is 49.8 Å². The van der Waals surface area contributed by atoms with Crippen molar-refractivity contribution in [2.24, 2.45) is 11.3 Å². The molecule has 3 fully saturated rings. The summed E-state index contributed by atoms with van der Waals surface area (Å²) in [7, 11) is 1.59. The van der Waals surface area contributed by atoms with Crippen LogP contribution in [0.5, 0.6) is 5.75 Å². The normalized spacial score (nSPS) is 30.0. The second-order valence-electron chi connectivity index (χ2n) is 9.40. The van der Waals surface area contributed by atoms with Crippen LogP contribution >= 0.6 is 0 Å². The third-order valence-corrected chi connectivity index (χ3v) is 7.14. The van der Waals surface area contributed by atoms with Gasteiger partial charge in [0.25, 0.3) is 0 Å². The molecule has 0 radical (unpaired) electrons. The number of aliphatic hydroxyl groups is 1. The first kappa shape index (κ1) is 18.7. The number of nitrogens with zero attached hydrogens (tertiary/aromatic N) is 1. The lowest BCUT2D eigenvalue weighted by Crippen LogP contribution is -2.62. The Morgan fingerprint density at radius 3 is 2.44 bits per heavy atom. The molecule has 2 aliphatic carbocycles. The van der Waals surface area contributed by atoms with Crippen LogP contribution in [0, 0.1) is 24.1 Å². The van der Waals surface area contributed by atoms with Crippen molar-refractivity contribution in [3.8, 4) is 5.75 Å². The van der Waals surface area contributed by atoms with Gasteiger partial charge in [-0.2, -0.15) is 0 Å². The van der Waals surface area contributed by atoms with Gasteiger partial charge in [-0.05, 0) is 76.0 Å². The van der Waals surface area contributed by atoms with Gasteiger partial charge in [0, 0.05) is 30.0 Å². The maximum Gasteiger partial charge on any atom is 0.225 e. The third-order valence-electron chi connectivity index (χ3n) is 7.14. The fourth-order valence-corrected chi connectivity index (χ4v) is 5.35. The molecule has 1 amide bonds. The Morgan fingerprint density at radius 1 is 1.26 bits per heavy atom. The number of rotatable bonds is 3. The van der Waals surface area contributed by atoms with E-state index in [4.69, 9.17) is 4.74 Å². The van der Waals surface area contributed by atoms with E-state index in [1.807, 2.05) is 11.0 Å². The largest absolute Gasteiger partial charge is 0.496 e. The van der Waals surface area contributed by atoms with Gasteiger partial charge in [-0.3, -0.25) is 4.79 Å². The van der Waals surface area contributed by atoms with Crippen molar-refractivity contribution in [1.82, 2.24) is 4.90 Å². The highest BCUT2D eigenvalue weighted by atomic mass is 19.1. The van der Waals surface area contributed by atoms with Gasteiger partial charge < -0.3 is 14.7 Å². The van der Waals surface area contributed by atoms with Crippen molar-refractivity contribution in [3.63, 3.8) is 0 Å². The molecule has 1 saturated heterocycles. The summed E-state index contributed by atoms with van der Waals surface area (Å²) >= 11 is 0. The molecule has 0 bridgehead atoms. The summed E-state index contributed by atoms with van der Waals surface area (Å²) in [5.41, 5.74) is 1.21. The fourth-order valence-electron chi connectivity index (χ4n) is 5.35. The molecule has 0 atom stereocenters. The van der Waals surface area contributed by atoms with Crippen molar-refractivity contribution < 1.29 is 19.0 Å². The molecule has 0 aromatic heterocycles. The van der Waals surface area contributed by atoms with Gasteiger partial charge in [0.15, 0.2) is 0 Å². The Balaban J connectivity index is 1.33. The third kappa shape index (κ3) is 3.35. The van der Waals surface area contributed by atoms with Crippen molar-refractivity contribution in [3.05, 3.63) is 29.1 Å². The number of likely N-dealkylation sites (tertiary alicyclic amines) is 1. The van der Waals surface area contributed by atoms with Crippen molar-refractivity contribution in [2.45, 2.75) is 63.9 Å². The first-order chi connectivity index (χ1) is 12.7. The van der Waals surface area contributed by atoms with E-state index in [9.17, 15) is 14.3 Å².